The highest BCUT2D eigenvalue weighted by molar-refractivity contribution is 6.03. The van der Waals surface area contributed by atoms with Gasteiger partial charge in [0.25, 0.3) is 0 Å². The van der Waals surface area contributed by atoms with E-state index in [1.54, 1.807) is 0 Å². The highest BCUT2D eigenvalue weighted by atomic mass is 16.5. The van der Waals surface area contributed by atoms with E-state index in [9.17, 15) is 9.59 Å². The molecule has 1 aliphatic heterocycles. The third-order valence-corrected chi connectivity index (χ3v) is 4.74. The van der Waals surface area contributed by atoms with E-state index in [1.807, 2.05) is 45.0 Å². The second kappa shape index (κ2) is 6.06. The number of ether oxygens (including phenoxy) is 2. The number of carbonyl (C=O) groups is 2. The molecule has 0 unspecified atom stereocenters. The molecule has 0 spiro atoms. The van der Waals surface area contributed by atoms with E-state index in [2.05, 4.69) is 0 Å². The maximum atomic E-state index is 12.9. The Bertz CT molecular complexity index is 817. The van der Waals surface area contributed by atoms with E-state index < -0.39 is 11.9 Å². The first kappa shape index (κ1) is 17.3. The molecule has 0 radical (unpaired) electrons. The summed E-state index contributed by atoms with van der Waals surface area (Å²) in [5.74, 6) is -0.555. The van der Waals surface area contributed by atoms with Crippen molar-refractivity contribution in [1.29, 1.82) is 0 Å². The number of ketones is 1. The van der Waals surface area contributed by atoms with E-state index in [4.69, 9.17) is 15.2 Å². The molecule has 132 valence electrons. The van der Waals surface area contributed by atoms with Crippen molar-refractivity contribution >= 4 is 11.8 Å². The lowest BCUT2D eigenvalue weighted by Crippen LogP contribution is -2.35. The summed E-state index contributed by atoms with van der Waals surface area (Å²) in [4.78, 5) is 25.3. The molecular formula is C20H23NO4. The first-order chi connectivity index (χ1) is 11.7. The van der Waals surface area contributed by atoms with Gasteiger partial charge in [0.2, 0.25) is 5.88 Å². The van der Waals surface area contributed by atoms with Crippen molar-refractivity contribution < 1.29 is 19.1 Å². The molecule has 1 aromatic rings. The number of aryl methyl sites for hydroxylation is 1. The fourth-order valence-electron chi connectivity index (χ4n) is 3.68. The second-order valence-corrected chi connectivity index (χ2v) is 7.50. The predicted molar refractivity (Wildman–Crippen MR) is 93.3 cm³/mol. The number of allylic oxidation sites excluding steroid dienone is 2. The number of hydrogen-bond acceptors (Lipinski definition) is 5. The number of Topliss-reactive ketones (excluding diaryl/α,β-unsaturated/α-hetero) is 1. The van der Waals surface area contributed by atoms with E-state index in [0.29, 0.717) is 24.2 Å². The van der Waals surface area contributed by atoms with Gasteiger partial charge in [-0.25, -0.2) is 4.79 Å². The monoisotopic (exact) mass is 341 g/mol. The lowest BCUT2D eigenvalue weighted by Gasteiger charge is -2.37. The minimum Gasteiger partial charge on any atom is -0.465 e. The number of carbonyl (C=O) groups excluding carboxylic acids is 2. The molecule has 0 aromatic heterocycles. The van der Waals surface area contributed by atoms with Gasteiger partial charge in [-0.15, -0.1) is 0 Å². The van der Waals surface area contributed by atoms with Crippen LogP contribution in [0.25, 0.3) is 0 Å². The topological polar surface area (TPSA) is 78.6 Å². The normalized spacial score (nSPS) is 22.4. The van der Waals surface area contributed by atoms with Crippen LogP contribution in [0.3, 0.4) is 0 Å². The van der Waals surface area contributed by atoms with Crippen molar-refractivity contribution in [3.05, 3.63) is 58.2 Å². The predicted octanol–water partition coefficient (Wildman–Crippen LogP) is 3.10. The van der Waals surface area contributed by atoms with Gasteiger partial charge in [-0.2, -0.15) is 0 Å². The molecule has 3 rings (SSSR count). The molecular weight excluding hydrogens is 318 g/mol. The van der Waals surface area contributed by atoms with Crippen LogP contribution in [0.1, 0.15) is 43.7 Å². The Balaban J connectivity index is 2.21. The van der Waals surface area contributed by atoms with Gasteiger partial charge in [0.15, 0.2) is 5.78 Å². The molecule has 5 nitrogen and oxygen atoms in total. The van der Waals surface area contributed by atoms with Gasteiger partial charge in [-0.1, -0.05) is 43.7 Å². The van der Waals surface area contributed by atoms with E-state index >= 15 is 0 Å². The molecule has 1 heterocycles. The Hall–Kier alpha value is -2.56. The Kier molecular flexibility index (Phi) is 4.19. The zero-order valence-corrected chi connectivity index (χ0v) is 15.0. The number of esters is 1. The summed E-state index contributed by atoms with van der Waals surface area (Å²) >= 11 is 0. The average molecular weight is 341 g/mol. The summed E-state index contributed by atoms with van der Waals surface area (Å²) in [5, 5.41) is 0. The maximum Gasteiger partial charge on any atom is 0.340 e. The van der Waals surface area contributed by atoms with Crippen LogP contribution in [-0.4, -0.2) is 18.9 Å². The molecule has 2 aliphatic rings. The SMILES string of the molecule is COC(=O)C1=C(N)OC2=C(C(=O)CC(C)(C)C2)[C@H]1c1cccc(C)c1. The van der Waals surface area contributed by atoms with Crippen molar-refractivity contribution in [2.45, 2.75) is 39.5 Å². The van der Waals surface area contributed by atoms with Gasteiger partial charge in [0, 0.05) is 18.4 Å². The lowest BCUT2D eigenvalue weighted by atomic mass is 9.70. The number of rotatable bonds is 2. The van der Waals surface area contributed by atoms with E-state index in [-0.39, 0.29) is 22.7 Å². The van der Waals surface area contributed by atoms with Gasteiger partial charge in [-0.05, 0) is 17.9 Å². The standard InChI is InChI=1S/C20H23NO4/c1-11-6-5-7-12(8-11)15-16-13(22)9-20(2,3)10-14(16)25-18(21)17(15)19(23)24-4/h5-8,15H,9-10,21H2,1-4H3/t15-/m1/s1. The van der Waals surface area contributed by atoms with Gasteiger partial charge >= 0.3 is 5.97 Å². The summed E-state index contributed by atoms with van der Waals surface area (Å²) in [7, 11) is 1.30. The zero-order valence-electron chi connectivity index (χ0n) is 15.0. The van der Waals surface area contributed by atoms with Crippen molar-refractivity contribution in [3.8, 4) is 0 Å². The van der Waals surface area contributed by atoms with Gasteiger partial charge in [-0.3, -0.25) is 4.79 Å². The molecule has 5 heteroatoms. The molecule has 1 aliphatic carbocycles. The van der Waals surface area contributed by atoms with Crippen molar-refractivity contribution in [2.75, 3.05) is 7.11 Å². The molecule has 1 atom stereocenters. The molecule has 1 aromatic carbocycles. The summed E-state index contributed by atoms with van der Waals surface area (Å²) < 4.78 is 10.6. The fraction of sp³-hybridized carbons (Fsp3) is 0.400. The number of hydrogen-bond donors (Lipinski definition) is 1. The van der Waals surface area contributed by atoms with Gasteiger partial charge in [0.1, 0.15) is 11.3 Å². The van der Waals surface area contributed by atoms with Crippen LogP contribution in [0.2, 0.25) is 0 Å². The third kappa shape index (κ3) is 3.06. The summed E-state index contributed by atoms with van der Waals surface area (Å²) in [5.41, 5.74) is 8.48. The highest BCUT2D eigenvalue weighted by Gasteiger charge is 2.44. The Morgan fingerprint density at radius 3 is 2.68 bits per heavy atom. The van der Waals surface area contributed by atoms with Crippen LogP contribution >= 0.6 is 0 Å². The van der Waals surface area contributed by atoms with E-state index in [0.717, 1.165) is 11.1 Å². The average Bonchev–Trinajstić information content (AvgIpc) is 2.51. The zero-order chi connectivity index (χ0) is 18.4. The summed E-state index contributed by atoms with van der Waals surface area (Å²) in [6, 6.07) is 7.73. The van der Waals surface area contributed by atoms with Crippen LogP contribution in [0, 0.1) is 12.3 Å². The van der Waals surface area contributed by atoms with E-state index in [1.165, 1.54) is 7.11 Å². The molecule has 0 saturated carbocycles. The van der Waals surface area contributed by atoms with Gasteiger partial charge < -0.3 is 15.2 Å². The largest absolute Gasteiger partial charge is 0.465 e. The number of benzene rings is 1. The number of methoxy groups -OCH3 is 1. The minimum absolute atomic E-state index is 0.00772. The fourth-order valence-corrected chi connectivity index (χ4v) is 3.68. The first-order valence-electron chi connectivity index (χ1n) is 8.32. The molecule has 25 heavy (non-hydrogen) atoms. The highest BCUT2D eigenvalue weighted by Crippen LogP contribution is 2.48. The number of nitrogens with two attached hydrogens (primary N) is 1. The van der Waals surface area contributed by atoms with Crippen molar-refractivity contribution in [2.24, 2.45) is 11.1 Å². The third-order valence-electron chi connectivity index (χ3n) is 4.74. The molecule has 2 N–H and O–H groups in total. The maximum absolute atomic E-state index is 12.9. The van der Waals surface area contributed by atoms with Gasteiger partial charge in [0.05, 0.1) is 13.0 Å². The van der Waals surface area contributed by atoms with Crippen LogP contribution in [0.4, 0.5) is 0 Å². The quantitative estimate of drug-likeness (QED) is 0.836. The lowest BCUT2D eigenvalue weighted by molar-refractivity contribution is -0.136. The van der Waals surface area contributed by atoms with Crippen LogP contribution in [-0.2, 0) is 19.1 Å². The van der Waals surface area contributed by atoms with Crippen LogP contribution in [0.15, 0.2) is 47.1 Å². The Morgan fingerprint density at radius 2 is 2.04 bits per heavy atom. The van der Waals surface area contributed by atoms with Crippen LogP contribution < -0.4 is 5.73 Å². The van der Waals surface area contributed by atoms with Crippen molar-refractivity contribution in [1.82, 2.24) is 0 Å². The molecule has 0 fully saturated rings. The van der Waals surface area contributed by atoms with Crippen molar-refractivity contribution in [3.63, 3.8) is 0 Å². The first-order valence-corrected chi connectivity index (χ1v) is 8.32. The van der Waals surface area contributed by atoms with Crippen LogP contribution in [0.5, 0.6) is 0 Å². The molecule has 0 bridgehead atoms. The summed E-state index contributed by atoms with van der Waals surface area (Å²) in [6.45, 7) is 6.01. The molecule has 0 amide bonds. The summed E-state index contributed by atoms with van der Waals surface area (Å²) in [6.07, 6.45) is 1.01. The Labute approximate surface area is 147 Å². The smallest absolute Gasteiger partial charge is 0.340 e. The molecule has 0 saturated heterocycles. The minimum atomic E-state index is -0.576. The Morgan fingerprint density at radius 1 is 1.32 bits per heavy atom. The second-order valence-electron chi connectivity index (χ2n) is 7.50.